The highest BCUT2D eigenvalue weighted by Gasteiger charge is 2.24. The monoisotopic (exact) mass is 276 g/mol. The molecule has 0 radical (unpaired) electrons. The van der Waals surface area contributed by atoms with Gasteiger partial charge in [-0.1, -0.05) is 0 Å². The molecule has 19 heavy (non-hydrogen) atoms. The zero-order chi connectivity index (χ0) is 14.6. The van der Waals surface area contributed by atoms with Crippen molar-refractivity contribution in [2.75, 3.05) is 19.0 Å². The molecule has 0 saturated carbocycles. The summed E-state index contributed by atoms with van der Waals surface area (Å²) in [6.07, 6.45) is 0. The summed E-state index contributed by atoms with van der Waals surface area (Å²) in [5, 5.41) is 21.9. The topological polar surface area (TPSA) is 102 Å². The third kappa shape index (κ3) is 3.35. The number of halogens is 2. The summed E-state index contributed by atoms with van der Waals surface area (Å²) in [6.45, 7) is -0.733. The summed E-state index contributed by atoms with van der Waals surface area (Å²) in [6, 6.07) is -0.420. The second-order valence-electron chi connectivity index (χ2n) is 3.44. The predicted octanol–water partition coefficient (Wildman–Crippen LogP) is 0.819. The van der Waals surface area contributed by atoms with E-state index in [1.54, 1.807) is 0 Å². The van der Waals surface area contributed by atoms with E-state index in [1.165, 1.54) is 0 Å². The summed E-state index contributed by atoms with van der Waals surface area (Å²) >= 11 is 0. The maximum absolute atomic E-state index is 13.0. The molecule has 7 nitrogen and oxygen atoms in total. The molecular weight excluding hydrogens is 266 g/mol. The highest BCUT2D eigenvalue weighted by molar-refractivity contribution is 5.80. The van der Waals surface area contributed by atoms with Crippen LogP contribution >= 0.6 is 0 Å². The van der Waals surface area contributed by atoms with Gasteiger partial charge in [0.05, 0.1) is 24.7 Å². The molecule has 0 aliphatic rings. The van der Waals surface area contributed by atoms with Crippen LogP contribution in [0.15, 0.2) is 12.1 Å². The number of ether oxygens (including phenoxy) is 1. The van der Waals surface area contributed by atoms with Gasteiger partial charge in [0.15, 0.2) is 11.6 Å². The Morgan fingerprint density at radius 2 is 2.11 bits per heavy atom. The van der Waals surface area contributed by atoms with E-state index in [4.69, 9.17) is 5.11 Å². The van der Waals surface area contributed by atoms with Crippen LogP contribution in [0.5, 0.6) is 0 Å². The summed E-state index contributed by atoms with van der Waals surface area (Å²) in [5.74, 6) is -3.62. The van der Waals surface area contributed by atoms with Crippen LogP contribution in [-0.4, -0.2) is 35.8 Å². The van der Waals surface area contributed by atoms with Crippen LogP contribution in [0.25, 0.3) is 0 Å². The predicted molar refractivity (Wildman–Crippen MR) is 59.5 cm³/mol. The van der Waals surface area contributed by atoms with E-state index in [0.29, 0.717) is 12.1 Å². The SMILES string of the molecule is COC(=O)C(CO)Nc1cc(F)c(F)cc1[N+](=O)[O-]. The molecule has 1 aromatic rings. The summed E-state index contributed by atoms with van der Waals surface area (Å²) in [5.41, 5.74) is -1.20. The van der Waals surface area contributed by atoms with Gasteiger partial charge in [-0.2, -0.15) is 0 Å². The van der Waals surface area contributed by atoms with Crippen molar-refractivity contribution in [2.45, 2.75) is 6.04 Å². The number of aliphatic hydroxyl groups excluding tert-OH is 1. The standard InChI is InChI=1S/C10H10F2N2O5/c1-19-10(16)8(4-15)13-7-2-5(11)6(12)3-9(7)14(17)18/h2-3,8,13,15H,4H2,1H3. The first-order valence-electron chi connectivity index (χ1n) is 4.99. The average molecular weight is 276 g/mol. The Bertz CT molecular complexity index is 509. The Kier molecular flexibility index (Phi) is 4.70. The maximum atomic E-state index is 13.0. The Hall–Kier alpha value is -2.29. The average Bonchev–Trinajstić information content (AvgIpc) is 2.38. The van der Waals surface area contributed by atoms with Crippen LogP contribution in [0.2, 0.25) is 0 Å². The van der Waals surface area contributed by atoms with Crippen LogP contribution < -0.4 is 5.32 Å². The van der Waals surface area contributed by atoms with Crippen molar-refractivity contribution in [1.82, 2.24) is 0 Å². The third-order valence-electron chi connectivity index (χ3n) is 2.23. The van der Waals surface area contributed by atoms with E-state index >= 15 is 0 Å². The Morgan fingerprint density at radius 3 is 2.58 bits per heavy atom. The lowest BCUT2D eigenvalue weighted by atomic mass is 10.2. The van der Waals surface area contributed by atoms with Crippen LogP contribution in [0, 0.1) is 21.7 Å². The number of hydrogen-bond donors (Lipinski definition) is 2. The number of esters is 1. The Morgan fingerprint density at radius 1 is 1.53 bits per heavy atom. The largest absolute Gasteiger partial charge is 0.467 e. The molecule has 0 aliphatic carbocycles. The van der Waals surface area contributed by atoms with E-state index in [9.17, 15) is 23.7 Å². The van der Waals surface area contributed by atoms with Crippen molar-refractivity contribution < 1.29 is 28.3 Å². The molecule has 0 aliphatic heterocycles. The second kappa shape index (κ2) is 6.05. The normalized spacial score (nSPS) is 11.8. The van der Waals surface area contributed by atoms with Crippen molar-refractivity contribution in [3.05, 3.63) is 33.9 Å². The smallest absolute Gasteiger partial charge is 0.330 e. The number of nitrogens with one attached hydrogen (secondary N) is 1. The van der Waals surface area contributed by atoms with E-state index in [1.807, 2.05) is 0 Å². The fraction of sp³-hybridized carbons (Fsp3) is 0.300. The van der Waals surface area contributed by atoms with Gasteiger partial charge < -0.3 is 15.2 Å². The molecule has 0 amide bonds. The van der Waals surface area contributed by atoms with Crippen molar-refractivity contribution in [3.63, 3.8) is 0 Å². The number of benzene rings is 1. The van der Waals surface area contributed by atoms with Gasteiger partial charge in [-0.3, -0.25) is 10.1 Å². The lowest BCUT2D eigenvalue weighted by molar-refractivity contribution is -0.384. The number of nitro benzene ring substituents is 1. The molecule has 0 aromatic heterocycles. The fourth-order valence-electron chi connectivity index (χ4n) is 1.31. The van der Waals surface area contributed by atoms with Gasteiger partial charge in [0, 0.05) is 6.07 Å². The number of rotatable bonds is 5. The minimum atomic E-state index is -1.39. The van der Waals surface area contributed by atoms with Crippen LogP contribution in [0.3, 0.4) is 0 Å². The molecular formula is C10H10F2N2O5. The third-order valence-corrected chi connectivity index (χ3v) is 2.23. The number of nitro groups is 1. The molecule has 1 rings (SSSR count). The zero-order valence-electron chi connectivity index (χ0n) is 9.72. The zero-order valence-corrected chi connectivity index (χ0v) is 9.72. The van der Waals surface area contributed by atoms with E-state index in [-0.39, 0.29) is 0 Å². The molecule has 9 heteroatoms. The highest BCUT2D eigenvalue weighted by atomic mass is 19.2. The molecule has 2 N–H and O–H groups in total. The molecule has 0 fully saturated rings. The number of carbonyl (C=O) groups excluding carboxylic acids is 1. The first-order chi connectivity index (χ1) is 8.90. The summed E-state index contributed by atoms with van der Waals surface area (Å²) in [7, 11) is 1.05. The second-order valence-corrected chi connectivity index (χ2v) is 3.44. The van der Waals surface area contributed by atoms with Crippen LogP contribution in [0.4, 0.5) is 20.2 Å². The molecule has 0 saturated heterocycles. The van der Waals surface area contributed by atoms with Gasteiger partial charge in [0.25, 0.3) is 5.69 Å². The fourth-order valence-corrected chi connectivity index (χ4v) is 1.31. The van der Waals surface area contributed by atoms with E-state index < -0.39 is 46.6 Å². The highest BCUT2D eigenvalue weighted by Crippen LogP contribution is 2.27. The first-order valence-corrected chi connectivity index (χ1v) is 4.99. The van der Waals surface area contributed by atoms with Crippen molar-refractivity contribution in [3.8, 4) is 0 Å². The first kappa shape index (κ1) is 14.8. The number of methoxy groups -OCH3 is 1. The van der Waals surface area contributed by atoms with Crippen molar-refractivity contribution in [2.24, 2.45) is 0 Å². The van der Waals surface area contributed by atoms with Crippen molar-refractivity contribution in [1.29, 1.82) is 0 Å². The minimum absolute atomic E-state index is 0.378. The van der Waals surface area contributed by atoms with Gasteiger partial charge >= 0.3 is 5.97 Å². The number of nitrogens with zero attached hydrogens (tertiary/aromatic N) is 1. The number of carbonyl (C=O) groups is 1. The summed E-state index contributed by atoms with van der Waals surface area (Å²) in [4.78, 5) is 20.9. The van der Waals surface area contributed by atoms with Crippen molar-refractivity contribution >= 4 is 17.3 Å². The van der Waals surface area contributed by atoms with Crippen LogP contribution in [-0.2, 0) is 9.53 Å². The van der Waals surface area contributed by atoms with E-state index in [0.717, 1.165) is 7.11 Å². The van der Waals surface area contributed by atoms with E-state index in [2.05, 4.69) is 10.1 Å². The Labute approximate surface area is 105 Å². The maximum Gasteiger partial charge on any atom is 0.330 e. The molecule has 0 bridgehead atoms. The lowest BCUT2D eigenvalue weighted by Crippen LogP contribution is -2.34. The quantitative estimate of drug-likeness (QED) is 0.469. The Balaban J connectivity index is 3.15. The van der Waals surface area contributed by atoms with Gasteiger partial charge in [-0.25, -0.2) is 13.6 Å². The number of anilines is 1. The molecule has 0 spiro atoms. The molecule has 104 valence electrons. The minimum Gasteiger partial charge on any atom is -0.467 e. The van der Waals surface area contributed by atoms with Gasteiger partial charge in [-0.15, -0.1) is 0 Å². The number of aliphatic hydroxyl groups is 1. The van der Waals surface area contributed by atoms with Gasteiger partial charge in [-0.05, 0) is 0 Å². The number of hydrogen-bond acceptors (Lipinski definition) is 6. The summed E-state index contributed by atoms with van der Waals surface area (Å²) < 4.78 is 30.3. The van der Waals surface area contributed by atoms with Gasteiger partial charge in [0.1, 0.15) is 11.7 Å². The van der Waals surface area contributed by atoms with Crippen LogP contribution in [0.1, 0.15) is 0 Å². The lowest BCUT2D eigenvalue weighted by Gasteiger charge is -2.15. The molecule has 1 aromatic carbocycles. The molecule has 1 atom stereocenters. The molecule has 0 heterocycles. The molecule has 1 unspecified atom stereocenters. The van der Waals surface area contributed by atoms with Gasteiger partial charge in [0.2, 0.25) is 0 Å².